The molecule has 2 nitrogen and oxygen atoms in total. The van der Waals surface area contributed by atoms with Gasteiger partial charge in [0.1, 0.15) is 0 Å². The van der Waals surface area contributed by atoms with Crippen molar-refractivity contribution in [3.8, 4) is 0 Å². The zero-order valence-electron chi connectivity index (χ0n) is 13.4. The summed E-state index contributed by atoms with van der Waals surface area (Å²) in [5.74, 6) is 1.66. The zero-order chi connectivity index (χ0) is 13.8. The van der Waals surface area contributed by atoms with E-state index >= 15 is 0 Å². The van der Waals surface area contributed by atoms with Crippen molar-refractivity contribution in [2.24, 2.45) is 17.3 Å². The summed E-state index contributed by atoms with van der Waals surface area (Å²) in [7, 11) is 0. The van der Waals surface area contributed by atoms with Crippen LogP contribution in [0.4, 0.5) is 0 Å². The van der Waals surface area contributed by atoms with Crippen molar-refractivity contribution in [1.29, 1.82) is 0 Å². The highest BCUT2D eigenvalue weighted by molar-refractivity contribution is 4.83. The Bertz CT molecular complexity index is 235. The second-order valence-corrected chi connectivity index (χ2v) is 7.64. The van der Waals surface area contributed by atoms with E-state index in [9.17, 15) is 0 Å². The third kappa shape index (κ3) is 5.71. The van der Waals surface area contributed by atoms with Crippen molar-refractivity contribution in [1.82, 2.24) is 10.2 Å². The molecule has 18 heavy (non-hydrogen) atoms. The highest BCUT2D eigenvalue weighted by Gasteiger charge is 2.28. The molecule has 0 bridgehead atoms. The van der Waals surface area contributed by atoms with Crippen molar-refractivity contribution in [3.63, 3.8) is 0 Å². The van der Waals surface area contributed by atoms with Crippen LogP contribution < -0.4 is 5.32 Å². The Morgan fingerprint density at radius 3 is 2.50 bits per heavy atom. The smallest absolute Gasteiger partial charge is 0.00697 e. The van der Waals surface area contributed by atoms with Crippen molar-refractivity contribution in [2.45, 2.75) is 60.4 Å². The number of hydrogen-bond acceptors (Lipinski definition) is 2. The fourth-order valence-electron chi connectivity index (χ4n) is 3.00. The number of likely N-dealkylation sites (tertiary alicyclic amines) is 1. The minimum atomic E-state index is 0.379. The second-order valence-electron chi connectivity index (χ2n) is 7.64. The van der Waals surface area contributed by atoms with Crippen LogP contribution in [0.25, 0.3) is 0 Å². The maximum atomic E-state index is 3.61. The molecule has 0 amide bonds. The van der Waals surface area contributed by atoms with Crippen molar-refractivity contribution in [2.75, 3.05) is 26.2 Å². The Kier molecular flexibility index (Phi) is 6.13. The molecule has 1 N–H and O–H groups in total. The van der Waals surface area contributed by atoms with Gasteiger partial charge in [-0.1, -0.05) is 34.6 Å². The van der Waals surface area contributed by atoms with Crippen molar-refractivity contribution in [3.05, 3.63) is 0 Å². The molecule has 0 radical (unpaired) electrons. The Morgan fingerprint density at radius 2 is 1.94 bits per heavy atom. The summed E-state index contributed by atoms with van der Waals surface area (Å²) in [4.78, 5) is 2.69. The molecule has 0 aromatic heterocycles. The Hall–Kier alpha value is -0.0800. The van der Waals surface area contributed by atoms with Gasteiger partial charge in [-0.2, -0.15) is 0 Å². The van der Waals surface area contributed by atoms with Gasteiger partial charge in [-0.3, -0.25) is 0 Å². The fourth-order valence-corrected chi connectivity index (χ4v) is 3.00. The molecule has 1 heterocycles. The van der Waals surface area contributed by atoms with Gasteiger partial charge in [0.25, 0.3) is 0 Å². The predicted octanol–water partition coefficient (Wildman–Crippen LogP) is 3.38. The first-order valence-electron chi connectivity index (χ1n) is 7.75. The third-order valence-electron chi connectivity index (χ3n) is 4.06. The molecule has 1 saturated heterocycles. The minimum absolute atomic E-state index is 0.379. The topological polar surface area (TPSA) is 15.3 Å². The molecular formula is C16H34N2. The van der Waals surface area contributed by atoms with E-state index in [1.807, 2.05) is 0 Å². The quantitative estimate of drug-likeness (QED) is 0.782. The summed E-state index contributed by atoms with van der Waals surface area (Å²) in [6.07, 6.45) is 2.75. The number of rotatable bonds is 6. The molecule has 0 saturated carbocycles. The van der Waals surface area contributed by atoms with Gasteiger partial charge in [0.05, 0.1) is 0 Å². The molecule has 0 aromatic carbocycles. The Morgan fingerprint density at radius 1 is 1.28 bits per heavy atom. The van der Waals surface area contributed by atoms with E-state index in [4.69, 9.17) is 0 Å². The first kappa shape index (κ1) is 16.0. The van der Waals surface area contributed by atoms with Crippen LogP contribution in [0.3, 0.4) is 0 Å². The standard InChI is InChI=1S/C16H34N2/c1-13(2)10-17-11-16(5,6)12-18-8-7-14(3)9-15(18)4/h13-15,17H,7-12H2,1-6H3. The summed E-state index contributed by atoms with van der Waals surface area (Å²) in [6, 6.07) is 0.762. The molecule has 1 aliphatic heterocycles. The molecule has 0 spiro atoms. The van der Waals surface area contributed by atoms with Crippen LogP contribution in [0.5, 0.6) is 0 Å². The van der Waals surface area contributed by atoms with Gasteiger partial charge in [-0.15, -0.1) is 0 Å². The van der Waals surface area contributed by atoms with E-state index in [1.54, 1.807) is 0 Å². The molecule has 1 aliphatic rings. The van der Waals surface area contributed by atoms with Crippen LogP contribution in [0.2, 0.25) is 0 Å². The summed E-state index contributed by atoms with van der Waals surface area (Å²) in [5, 5.41) is 3.61. The zero-order valence-corrected chi connectivity index (χ0v) is 13.4. The predicted molar refractivity (Wildman–Crippen MR) is 80.9 cm³/mol. The summed E-state index contributed by atoms with van der Waals surface area (Å²) in [5.41, 5.74) is 0.379. The summed E-state index contributed by atoms with van der Waals surface area (Å²) in [6.45, 7) is 18.9. The molecule has 1 fully saturated rings. The molecular weight excluding hydrogens is 220 g/mol. The van der Waals surface area contributed by atoms with Crippen LogP contribution in [0, 0.1) is 17.3 Å². The molecule has 0 aromatic rings. The first-order valence-corrected chi connectivity index (χ1v) is 7.75. The van der Waals surface area contributed by atoms with Crippen molar-refractivity contribution < 1.29 is 0 Å². The Balaban J connectivity index is 2.34. The average molecular weight is 254 g/mol. The Labute approximate surface area is 115 Å². The van der Waals surface area contributed by atoms with Gasteiger partial charge in [0.2, 0.25) is 0 Å². The fraction of sp³-hybridized carbons (Fsp3) is 1.00. The third-order valence-corrected chi connectivity index (χ3v) is 4.06. The van der Waals surface area contributed by atoms with E-state index in [0.717, 1.165) is 31.0 Å². The molecule has 2 atom stereocenters. The second kappa shape index (κ2) is 6.91. The van der Waals surface area contributed by atoms with Crippen molar-refractivity contribution >= 4 is 0 Å². The van der Waals surface area contributed by atoms with Gasteiger partial charge in [-0.05, 0) is 50.1 Å². The van der Waals surface area contributed by atoms with E-state index in [0.29, 0.717) is 5.41 Å². The van der Waals surface area contributed by atoms with Crippen LogP contribution in [0.15, 0.2) is 0 Å². The summed E-state index contributed by atoms with van der Waals surface area (Å²) >= 11 is 0. The first-order chi connectivity index (χ1) is 8.30. The number of nitrogens with zero attached hydrogens (tertiary/aromatic N) is 1. The van der Waals surface area contributed by atoms with Gasteiger partial charge in [0, 0.05) is 19.1 Å². The van der Waals surface area contributed by atoms with Gasteiger partial charge in [0.15, 0.2) is 0 Å². The number of hydrogen-bond donors (Lipinski definition) is 1. The van der Waals surface area contributed by atoms with Gasteiger partial charge < -0.3 is 10.2 Å². The molecule has 1 rings (SSSR count). The van der Waals surface area contributed by atoms with Gasteiger partial charge >= 0.3 is 0 Å². The number of nitrogens with one attached hydrogen (secondary N) is 1. The lowest BCUT2D eigenvalue weighted by Crippen LogP contribution is -2.47. The molecule has 108 valence electrons. The van der Waals surface area contributed by atoms with E-state index in [2.05, 4.69) is 51.8 Å². The molecule has 0 aliphatic carbocycles. The minimum Gasteiger partial charge on any atom is -0.316 e. The maximum Gasteiger partial charge on any atom is 0.00697 e. The van der Waals surface area contributed by atoms with E-state index < -0.39 is 0 Å². The number of piperidine rings is 1. The van der Waals surface area contributed by atoms with Crippen LogP contribution >= 0.6 is 0 Å². The monoisotopic (exact) mass is 254 g/mol. The lowest BCUT2D eigenvalue weighted by molar-refractivity contribution is 0.0837. The molecule has 2 unspecified atom stereocenters. The summed E-state index contributed by atoms with van der Waals surface area (Å²) < 4.78 is 0. The average Bonchev–Trinajstić information content (AvgIpc) is 2.21. The van der Waals surface area contributed by atoms with Crippen LogP contribution in [-0.2, 0) is 0 Å². The maximum absolute atomic E-state index is 3.61. The lowest BCUT2D eigenvalue weighted by Gasteiger charge is -2.41. The van der Waals surface area contributed by atoms with E-state index in [1.165, 1.54) is 25.9 Å². The molecule has 2 heteroatoms. The lowest BCUT2D eigenvalue weighted by atomic mass is 9.88. The SMILES string of the molecule is CC(C)CNCC(C)(C)CN1CCC(C)CC1C. The van der Waals surface area contributed by atoms with E-state index in [-0.39, 0.29) is 0 Å². The largest absolute Gasteiger partial charge is 0.316 e. The van der Waals surface area contributed by atoms with Crippen LogP contribution in [-0.4, -0.2) is 37.1 Å². The normalized spacial score (nSPS) is 26.8. The highest BCUT2D eigenvalue weighted by Crippen LogP contribution is 2.26. The van der Waals surface area contributed by atoms with Crippen LogP contribution in [0.1, 0.15) is 54.4 Å². The highest BCUT2D eigenvalue weighted by atomic mass is 15.2. The van der Waals surface area contributed by atoms with Gasteiger partial charge in [-0.25, -0.2) is 0 Å².